The molecular weight excluding hydrogens is 455 g/mol. The molecule has 0 unspecified atom stereocenters. The van der Waals surface area contributed by atoms with Gasteiger partial charge in [0.15, 0.2) is 0 Å². The van der Waals surface area contributed by atoms with Crippen LogP contribution in [0.5, 0.6) is 11.5 Å². The molecular formula is C30H27FN2O3. The van der Waals surface area contributed by atoms with Gasteiger partial charge in [-0.15, -0.1) is 0 Å². The Bertz CT molecular complexity index is 1360. The molecule has 0 aliphatic carbocycles. The molecule has 5 nitrogen and oxygen atoms in total. The largest absolute Gasteiger partial charge is 0.457 e. The normalized spacial score (nSPS) is 14.0. The lowest BCUT2D eigenvalue weighted by atomic mass is 9.94. The van der Waals surface area contributed by atoms with Crippen molar-refractivity contribution in [2.75, 3.05) is 13.1 Å². The molecule has 0 saturated carbocycles. The number of halogens is 1. The van der Waals surface area contributed by atoms with Crippen LogP contribution >= 0.6 is 0 Å². The van der Waals surface area contributed by atoms with Gasteiger partial charge in [0.05, 0.1) is 0 Å². The van der Waals surface area contributed by atoms with Crippen molar-refractivity contribution < 1.29 is 18.7 Å². The van der Waals surface area contributed by atoms with Gasteiger partial charge in [0, 0.05) is 31.1 Å². The smallest absolute Gasteiger partial charge is 0.254 e. The van der Waals surface area contributed by atoms with E-state index in [4.69, 9.17) is 4.74 Å². The third-order valence-corrected chi connectivity index (χ3v) is 6.61. The Morgan fingerprint density at radius 3 is 2.19 bits per heavy atom. The zero-order valence-electron chi connectivity index (χ0n) is 19.8. The summed E-state index contributed by atoms with van der Waals surface area (Å²) in [6, 6.07) is 27.0. The van der Waals surface area contributed by atoms with E-state index >= 15 is 0 Å². The summed E-state index contributed by atoms with van der Waals surface area (Å²) >= 11 is 0. The third-order valence-electron chi connectivity index (χ3n) is 6.61. The van der Waals surface area contributed by atoms with Gasteiger partial charge in [0.25, 0.3) is 5.91 Å². The summed E-state index contributed by atoms with van der Waals surface area (Å²) in [5.74, 6) is 0.813. The maximum atomic E-state index is 13.2. The van der Waals surface area contributed by atoms with Crippen molar-refractivity contribution in [1.29, 1.82) is 0 Å². The topological polar surface area (TPSA) is 58.6 Å². The van der Waals surface area contributed by atoms with Gasteiger partial charge in [-0.1, -0.05) is 48.5 Å². The van der Waals surface area contributed by atoms with E-state index in [1.54, 1.807) is 12.1 Å². The minimum absolute atomic E-state index is 0.0129. The highest BCUT2D eigenvalue weighted by atomic mass is 19.1. The van der Waals surface area contributed by atoms with Crippen LogP contribution < -0.4 is 10.1 Å². The predicted molar refractivity (Wildman–Crippen MR) is 137 cm³/mol. The molecule has 5 rings (SSSR count). The fourth-order valence-electron chi connectivity index (χ4n) is 4.57. The van der Waals surface area contributed by atoms with Gasteiger partial charge in [-0.05, 0) is 71.6 Å². The molecule has 1 saturated heterocycles. The van der Waals surface area contributed by atoms with Gasteiger partial charge in [-0.3, -0.25) is 9.59 Å². The lowest BCUT2D eigenvalue weighted by Gasteiger charge is -2.31. The molecule has 1 heterocycles. The van der Waals surface area contributed by atoms with Crippen LogP contribution in [0.25, 0.3) is 10.8 Å². The molecule has 0 aromatic heterocycles. The number of likely N-dealkylation sites (tertiary alicyclic amines) is 1. The molecule has 4 aromatic rings. The summed E-state index contributed by atoms with van der Waals surface area (Å²) in [6.45, 7) is 1.55. The van der Waals surface area contributed by atoms with Gasteiger partial charge in [-0.2, -0.15) is 0 Å². The number of benzene rings is 4. The summed E-state index contributed by atoms with van der Waals surface area (Å²) in [7, 11) is 0. The second-order valence-corrected chi connectivity index (χ2v) is 9.01. The molecule has 0 bridgehead atoms. The van der Waals surface area contributed by atoms with E-state index in [-0.39, 0.29) is 23.5 Å². The Labute approximate surface area is 209 Å². The highest BCUT2D eigenvalue weighted by Gasteiger charge is 2.28. The molecule has 182 valence electrons. The Kier molecular flexibility index (Phi) is 6.94. The number of piperidine rings is 1. The first-order valence-electron chi connectivity index (χ1n) is 12.1. The summed E-state index contributed by atoms with van der Waals surface area (Å²) in [4.78, 5) is 27.8. The number of hydrogen-bond acceptors (Lipinski definition) is 3. The van der Waals surface area contributed by atoms with E-state index in [9.17, 15) is 14.0 Å². The van der Waals surface area contributed by atoms with Crippen LogP contribution in [0.3, 0.4) is 0 Å². The first kappa shape index (κ1) is 23.5. The number of amides is 2. The third kappa shape index (κ3) is 5.38. The van der Waals surface area contributed by atoms with Crippen molar-refractivity contribution in [3.8, 4) is 11.5 Å². The van der Waals surface area contributed by atoms with Crippen LogP contribution in [0.2, 0.25) is 0 Å². The first-order valence-corrected chi connectivity index (χ1v) is 12.1. The molecule has 1 aliphatic heterocycles. The Morgan fingerprint density at radius 1 is 0.833 bits per heavy atom. The van der Waals surface area contributed by atoms with Gasteiger partial charge in [0.1, 0.15) is 17.3 Å². The van der Waals surface area contributed by atoms with E-state index < -0.39 is 0 Å². The minimum Gasteiger partial charge on any atom is -0.457 e. The maximum absolute atomic E-state index is 13.2. The zero-order chi connectivity index (χ0) is 24.9. The number of nitrogens with one attached hydrogen (secondary N) is 1. The number of fused-ring (bicyclic) bond motifs is 1. The van der Waals surface area contributed by atoms with E-state index in [1.807, 2.05) is 71.6 Å². The van der Waals surface area contributed by atoms with E-state index in [2.05, 4.69) is 5.32 Å². The van der Waals surface area contributed by atoms with Crippen LogP contribution in [-0.2, 0) is 11.3 Å². The molecule has 4 aromatic carbocycles. The van der Waals surface area contributed by atoms with Crippen molar-refractivity contribution in [2.45, 2.75) is 19.4 Å². The number of rotatable bonds is 6. The number of nitrogens with zero attached hydrogens (tertiary/aromatic N) is 1. The monoisotopic (exact) mass is 482 g/mol. The number of hydrogen-bond donors (Lipinski definition) is 1. The highest BCUT2D eigenvalue weighted by molar-refractivity contribution is 6.07. The Hall–Kier alpha value is -4.19. The van der Waals surface area contributed by atoms with Gasteiger partial charge in [0.2, 0.25) is 5.91 Å². The van der Waals surface area contributed by atoms with Crippen LogP contribution in [0.4, 0.5) is 4.39 Å². The SMILES string of the molecule is O=C(NCc1ccc(Oc2ccc(F)cc2)cc1)C1CCN(C(=O)c2cccc3ccccc23)CC1. The number of carbonyl (C=O) groups excluding carboxylic acids is 2. The van der Waals surface area contributed by atoms with Crippen molar-refractivity contribution in [3.05, 3.63) is 108 Å². The van der Waals surface area contributed by atoms with Crippen LogP contribution in [-0.4, -0.2) is 29.8 Å². The highest BCUT2D eigenvalue weighted by Crippen LogP contribution is 2.25. The minimum atomic E-state index is -0.310. The summed E-state index contributed by atoms with van der Waals surface area (Å²) < 4.78 is 18.7. The first-order chi connectivity index (χ1) is 17.6. The van der Waals surface area contributed by atoms with E-state index in [0.29, 0.717) is 49.5 Å². The van der Waals surface area contributed by atoms with Gasteiger partial charge >= 0.3 is 0 Å². The molecule has 1 N–H and O–H groups in total. The molecule has 1 fully saturated rings. The summed E-state index contributed by atoms with van der Waals surface area (Å²) in [5, 5.41) is 5.03. The van der Waals surface area contributed by atoms with Gasteiger partial charge < -0.3 is 15.0 Å². The summed E-state index contributed by atoms with van der Waals surface area (Å²) in [6.07, 6.45) is 1.29. The Morgan fingerprint density at radius 2 is 1.47 bits per heavy atom. The molecule has 0 radical (unpaired) electrons. The standard InChI is InChI=1S/C30H27FN2O3/c31-24-10-14-26(15-11-24)36-25-12-8-21(9-13-25)20-32-29(34)23-16-18-33(19-17-23)30(35)28-7-3-5-22-4-1-2-6-27(22)28/h1-15,23H,16-20H2,(H,32,34). The number of carbonyl (C=O) groups is 2. The Balaban J connectivity index is 1.11. The van der Waals surface area contributed by atoms with Crippen molar-refractivity contribution >= 4 is 22.6 Å². The van der Waals surface area contributed by atoms with E-state index in [0.717, 1.165) is 16.3 Å². The van der Waals surface area contributed by atoms with E-state index in [1.165, 1.54) is 12.1 Å². The van der Waals surface area contributed by atoms with Crippen molar-refractivity contribution in [3.63, 3.8) is 0 Å². The average molecular weight is 483 g/mol. The quantitative estimate of drug-likeness (QED) is 0.370. The van der Waals surface area contributed by atoms with Crippen molar-refractivity contribution in [1.82, 2.24) is 10.2 Å². The number of ether oxygens (including phenoxy) is 1. The molecule has 0 atom stereocenters. The van der Waals surface area contributed by atoms with Crippen LogP contribution in [0, 0.1) is 11.7 Å². The molecule has 6 heteroatoms. The second kappa shape index (κ2) is 10.6. The van der Waals surface area contributed by atoms with Crippen LogP contribution in [0.1, 0.15) is 28.8 Å². The average Bonchev–Trinajstić information content (AvgIpc) is 2.93. The fraction of sp³-hybridized carbons (Fsp3) is 0.200. The molecule has 2 amide bonds. The fourth-order valence-corrected chi connectivity index (χ4v) is 4.57. The van der Waals surface area contributed by atoms with Crippen LogP contribution in [0.15, 0.2) is 91.0 Å². The molecule has 1 aliphatic rings. The predicted octanol–water partition coefficient (Wildman–Crippen LogP) is 5.94. The zero-order valence-corrected chi connectivity index (χ0v) is 19.8. The maximum Gasteiger partial charge on any atom is 0.254 e. The molecule has 0 spiro atoms. The summed E-state index contributed by atoms with van der Waals surface area (Å²) in [5.41, 5.74) is 1.67. The van der Waals surface area contributed by atoms with Crippen molar-refractivity contribution in [2.24, 2.45) is 5.92 Å². The lowest BCUT2D eigenvalue weighted by molar-refractivity contribution is -0.126. The molecule has 36 heavy (non-hydrogen) atoms. The lowest BCUT2D eigenvalue weighted by Crippen LogP contribution is -2.43. The second-order valence-electron chi connectivity index (χ2n) is 9.01. The van der Waals surface area contributed by atoms with Gasteiger partial charge in [-0.25, -0.2) is 4.39 Å².